The van der Waals surface area contributed by atoms with E-state index in [0.29, 0.717) is 20.9 Å². The van der Waals surface area contributed by atoms with Gasteiger partial charge < -0.3 is 10.1 Å². The molecule has 1 N–H and O–H groups in total. The van der Waals surface area contributed by atoms with Gasteiger partial charge in [-0.25, -0.2) is 14.4 Å². The van der Waals surface area contributed by atoms with E-state index in [-0.39, 0.29) is 23.0 Å². The maximum absolute atomic E-state index is 14.1. The lowest BCUT2D eigenvalue weighted by Crippen LogP contribution is -2.15. The maximum Gasteiger partial charge on any atom is 0.225 e. The van der Waals surface area contributed by atoms with E-state index in [0.717, 1.165) is 6.07 Å². The molecule has 3 aromatic rings. The highest BCUT2D eigenvalue weighted by molar-refractivity contribution is 6.38. The number of benzene rings is 2. The van der Waals surface area contributed by atoms with Crippen LogP contribution in [0.15, 0.2) is 36.7 Å². The number of halogens is 3. The number of amides is 1. The van der Waals surface area contributed by atoms with Crippen LogP contribution in [0.4, 0.5) is 10.1 Å². The first-order valence-electron chi connectivity index (χ1n) is 7.68. The molecule has 1 amide bonds. The van der Waals surface area contributed by atoms with Crippen LogP contribution in [-0.4, -0.2) is 28.3 Å². The van der Waals surface area contributed by atoms with Crippen molar-refractivity contribution in [3.63, 3.8) is 0 Å². The summed E-state index contributed by atoms with van der Waals surface area (Å²) < 4.78 is 19.6. The number of rotatable bonds is 5. The van der Waals surface area contributed by atoms with Crippen LogP contribution in [0.5, 0.6) is 5.88 Å². The average molecular weight is 408 g/mol. The number of nitrogens with one attached hydrogen (secondary N) is 1. The summed E-state index contributed by atoms with van der Waals surface area (Å²) in [5.74, 6) is -1.60. The zero-order chi connectivity index (χ0) is 19.6. The van der Waals surface area contributed by atoms with Gasteiger partial charge in [0, 0.05) is 17.6 Å². The molecule has 0 radical (unpaired) electrons. The van der Waals surface area contributed by atoms with E-state index >= 15 is 0 Å². The molecule has 0 aliphatic carbocycles. The molecule has 6 nitrogen and oxygen atoms in total. The van der Waals surface area contributed by atoms with Gasteiger partial charge in [0.1, 0.15) is 12.1 Å². The van der Waals surface area contributed by atoms with Crippen LogP contribution < -0.4 is 10.1 Å². The molecule has 27 heavy (non-hydrogen) atoms. The molecule has 3 rings (SSSR count). The van der Waals surface area contributed by atoms with Gasteiger partial charge in [0.05, 0.1) is 21.5 Å². The van der Waals surface area contributed by atoms with E-state index in [1.165, 1.54) is 31.5 Å². The Bertz CT molecular complexity index is 1060. The van der Waals surface area contributed by atoms with Crippen molar-refractivity contribution in [1.82, 2.24) is 9.97 Å². The van der Waals surface area contributed by atoms with E-state index in [4.69, 9.17) is 27.9 Å². The topological polar surface area (TPSA) is 81.2 Å². The molecule has 1 heterocycles. The monoisotopic (exact) mass is 407 g/mol. The van der Waals surface area contributed by atoms with Crippen molar-refractivity contribution >= 4 is 51.5 Å². The van der Waals surface area contributed by atoms with Gasteiger partial charge in [0.25, 0.3) is 0 Å². The van der Waals surface area contributed by atoms with Gasteiger partial charge in [-0.05, 0) is 30.3 Å². The highest BCUT2D eigenvalue weighted by Crippen LogP contribution is 2.30. The molecule has 0 saturated carbocycles. The number of Topliss-reactive ketones (excluding diaryl/α,β-unsaturated/α-hetero) is 1. The Kier molecular flexibility index (Phi) is 5.53. The summed E-state index contributed by atoms with van der Waals surface area (Å²) >= 11 is 12.1. The van der Waals surface area contributed by atoms with E-state index in [2.05, 4.69) is 15.3 Å². The second-order valence-electron chi connectivity index (χ2n) is 5.55. The Labute approximate surface area is 163 Å². The lowest BCUT2D eigenvalue weighted by Gasteiger charge is -2.09. The average Bonchev–Trinajstić information content (AvgIpc) is 2.59. The van der Waals surface area contributed by atoms with Gasteiger partial charge in [-0.1, -0.05) is 23.2 Å². The number of anilines is 1. The van der Waals surface area contributed by atoms with E-state index in [9.17, 15) is 14.0 Å². The van der Waals surface area contributed by atoms with Gasteiger partial charge in [-0.3, -0.25) is 9.59 Å². The number of aromatic nitrogens is 2. The van der Waals surface area contributed by atoms with Crippen LogP contribution in [0.2, 0.25) is 10.0 Å². The number of fused-ring (bicyclic) bond motifs is 1. The first kappa shape index (κ1) is 19.0. The molecule has 138 valence electrons. The molecular formula is C18H12Cl2FN3O3. The molecular weight excluding hydrogens is 396 g/mol. The molecule has 1 aromatic heterocycles. The summed E-state index contributed by atoms with van der Waals surface area (Å²) in [7, 11) is 0. The Morgan fingerprint density at radius 2 is 1.96 bits per heavy atom. The number of ketones is 1. The second-order valence-corrected chi connectivity index (χ2v) is 6.39. The summed E-state index contributed by atoms with van der Waals surface area (Å²) in [5, 5.41) is 3.55. The molecule has 0 atom stereocenters. The minimum Gasteiger partial charge on any atom is -0.469 e. The molecule has 0 bridgehead atoms. The van der Waals surface area contributed by atoms with Gasteiger partial charge >= 0.3 is 0 Å². The quantitative estimate of drug-likeness (QED) is 0.637. The normalized spacial score (nSPS) is 10.7. The van der Waals surface area contributed by atoms with Gasteiger partial charge in [0.15, 0.2) is 6.61 Å². The zero-order valence-electron chi connectivity index (χ0n) is 13.9. The molecule has 0 unspecified atom stereocenters. The fourth-order valence-corrected chi connectivity index (χ4v) is 2.96. The van der Waals surface area contributed by atoms with Crippen molar-refractivity contribution in [3.05, 3.63) is 58.1 Å². The summed E-state index contributed by atoms with van der Waals surface area (Å²) in [6.45, 7) is 0.849. The summed E-state index contributed by atoms with van der Waals surface area (Å²) in [4.78, 5) is 31.3. The van der Waals surface area contributed by atoms with Crippen molar-refractivity contribution in [2.75, 3.05) is 11.9 Å². The van der Waals surface area contributed by atoms with Crippen molar-refractivity contribution < 1.29 is 18.7 Å². The van der Waals surface area contributed by atoms with Crippen LogP contribution in [0, 0.1) is 5.82 Å². The standard InChI is InChI=1S/C18H12Cl2FN3O3/c1-9(25)24-11-2-3-12(15(21)6-11)16(26)7-27-18-13-4-10(19)5-14(20)17(13)22-8-23-18/h2-6,8H,7H2,1H3,(H,24,25). The van der Waals surface area contributed by atoms with Crippen LogP contribution in [0.25, 0.3) is 10.9 Å². The predicted octanol–water partition coefficient (Wildman–Crippen LogP) is 4.30. The van der Waals surface area contributed by atoms with Crippen molar-refractivity contribution in [2.45, 2.75) is 6.92 Å². The Balaban J connectivity index is 1.80. The first-order valence-corrected chi connectivity index (χ1v) is 8.43. The number of carbonyl (C=O) groups is 2. The highest BCUT2D eigenvalue weighted by Gasteiger charge is 2.16. The Hall–Kier alpha value is -2.77. The van der Waals surface area contributed by atoms with E-state index < -0.39 is 18.2 Å². The molecule has 0 aliphatic heterocycles. The smallest absolute Gasteiger partial charge is 0.225 e. The van der Waals surface area contributed by atoms with Crippen LogP contribution in [0.1, 0.15) is 17.3 Å². The Morgan fingerprint density at radius 3 is 2.67 bits per heavy atom. The molecule has 0 spiro atoms. The van der Waals surface area contributed by atoms with Gasteiger partial charge in [0.2, 0.25) is 17.6 Å². The zero-order valence-corrected chi connectivity index (χ0v) is 15.4. The molecule has 0 fully saturated rings. The predicted molar refractivity (Wildman–Crippen MR) is 100 cm³/mol. The number of carbonyl (C=O) groups excluding carboxylic acids is 2. The van der Waals surface area contributed by atoms with Crippen LogP contribution >= 0.6 is 23.2 Å². The molecule has 0 saturated heterocycles. The van der Waals surface area contributed by atoms with E-state index in [1.807, 2.05) is 0 Å². The summed E-state index contributed by atoms with van der Waals surface area (Å²) in [5.41, 5.74) is 0.506. The number of nitrogens with zero attached hydrogens (tertiary/aromatic N) is 2. The van der Waals surface area contributed by atoms with Gasteiger partial charge in [-0.2, -0.15) is 0 Å². The third-order valence-corrected chi connectivity index (χ3v) is 4.06. The number of hydrogen-bond donors (Lipinski definition) is 1. The van der Waals surface area contributed by atoms with E-state index in [1.54, 1.807) is 6.07 Å². The lowest BCUT2D eigenvalue weighted by molar-refractivity contribution is -0.114. The summed E-state index contributed by atoms with van der Waals surface area (Å²) in [6.07, 6.45) is 1.24. The first-order chi connectivity index (χ1) is 12.8. The largest absolute Gasteiger partial charge is 0.469 e. The Morgan fingerprint density at radius 1 is 1.19 bits per heavy atom. The van der Waals surface area contributed by atoms with Crippen LogP contribution in [-0.2, 0) is 4.79 Å². The number of ether oxygens (including phenoxy) is 1. The third-order valence-electron chi connectivity index (χ3n) is 3.55. The lowest BCUT2D eigenvalue weighted by atomic mass is 10.1. The molecule has 2 aromatic carbocycles. The number of hydrogen-bond acceptors (Lipinski definition) is 5. The maximum atomic E-state index is 14.1. The SMILES string of the molecule is CC(=O)Nc1ccc(C(=O)COc2ncnc3c(Cl)cc(Cl)cc23)c(F)c1. The summed E-state index contributed by atoms with van der Waals surface area (Å²) in [6, 6.07) is 6.86. The minimum atomic E-state index is -0.770. The fourth-order valence-electron chi connectivity index (χ4n) is 2.42. The second kappa shape index (κ2) is 7.85. The van der Waals surface area contributed by atoms with Gasteiger partial charge in [-0.15, -0.1) is 0 Å². The van der Waals surface area contributed by atoms with Crippen molar-refractivity contribution in [3.8, 4) is 5.88 Å². The van der Waals surface area contributed by atoms with Crippen LogP contribution in [0.3, 0.4) is 0 Å². The third kappa shape index (κ3) is 4.32. The fraction of sp³-hybridized carbons (Fsp3) is 0.111. The highest BCUT2D eigenvalue weighted by atomic mass is 35.5. The van der Waals surface area contributed by atoms with Crippen molar-refractivity contribution in [1.29, 1.82) is 0 Å². The minimum absolute atomic E-state index is 0.105. The molecule has 0 aliphatic rings. The molecule has 9 heteroatoms. The van der Waals surface area contributed by atoms with Crippen molar-refractivity contribution in [2.24, 2.45) is 0 Å².